The molecule has 23 heavy (non-hydrogen) atoms. The average molecular weight is 392 g/mol. The van der Waals surface area contributed by atoms with Crippen molar-refractivity contribution in [3.05, 3.63) is 0 Å². The first-order valence-corrected chi connectivity index (χ1v) is 12.9. The number of hydrogen-bond donors (Lipinski definition) is 1. The van der Waals surface area contributed by atoms with E-state index in [0.29, 0.717) is 19.3 Å². The molecule has 0 bridgehead atoms. The van der Waals surface area contributed by atoms with E-state index in [2.05, 4.69) is 0 Å². The Kier molecular flexibility index (Phi) is 10.1. The molecule has 0 heterocycles. The van der Waals surface area contributed by atoms with Crippen molar-refractivity contribution in [2.75, 3.05) is 18.5 Å². The van der Waals surface area contributed by atoms with Crippen molar-refractivity contribution < 1.29 is 36.5 Å². The largest absolute Gasteiger partial charge is 0.391 e. The highest BCUT2D eigenvalue weighted by atomic mass is 31.3. The summed E-state index contributed by atoms with van der Waals surface area (Å²) in [6.07, 6.45) is 0.458. The second kappa shape index (κ2) is 10.1. The molecule has 138 valence electrons. The molecular weight excluding hydrogens is 365 g/mol. The highest BCUT2D eigenvalue weighted by molar-refractivity contribution is 7.72. The minimum atomic E-state index is -4.14. The monoisotopic (exact) mass is 392 g/mol. The van der Waals surface area contributed by atoms with E-state index < -0.39 is 28.8 Å². The van der Waals surface area contributed by atoms with Crippen molar-refractivity contribution >= 4 is 28.8 Å². The van der Waals surface area contributed by atoms with Gasteiger partial charge in [0.25, 0.3) is 0 Å². The molecule has 0 fully saturated rings. The van der Waals surface area contributed by atoms with Crippen molar-refractivity contribution in [1.29, 1.82) is 0 Å². The molecule has 11 heteroatoms. The first-order valence-electron chi connectivity index (χ1n) is 7.70. The second-order valence-electron chi connectivity index (χ2n) is 5.01. The molecule has 0 aromatic carbocycles. The van der Waals surface area contributed by atoms with Gasteiger partial charge in [-0.1, -0.05) is 27.7 Å². The lowest BCUT2D eigenvalue weighted by atomic mass is 10.5. The lowest BCUT2D eigenvalue weighted by molar-refractivity contribution is -0.134. The molecule has 0 aliphatic carbocycles. The van der Waals surface area contributed by atoms with Crippen LogP contribution in [0.25, 0.3) is 0 Å². The summed E-state index contributed by atoms with van der Waals surface area (Å²) in [6, 6.07) is 0. The maximum absolute atomic E-state index is 12.7. The Hall–Kier alpha value is 0.0400. The molecule has 0 aliphatic heterocycles. The molecular formula is C12H27O8P3. The molecule has 0 saturated carbocycles. The Morgan fingerprint density at radius 1 is 0.826 bits per heavy atom. The van der Waals surface area contributed by atoms with Crippen LogP contribution < -0.4 is 0 Å². The van der Waals surface area contributed by atoms with E-state index in [0.717, 1.165) is 0 Å². The third-order valence-corrected chi connectivity index (χ3v) is 10.0. The Labute approximate surface area is 137 Å². The Morgan fingerprint density at radius 3 is 1.74 bits per heavy atom. The minimum absolute atomic E-state index is 0.0235. The van der Waals surface area contributed by atoms with E-state index in [4.69, 9.17) is 13.1 Å². The fourth-order valence-electron chi connectivity index (χ4n) is 1.67. The van der Waals surface area contributed by atoms with Crippen molar-refractivity contribution in [3.63, 3.8) is 0 Å². The van der Waals surface area contributed by atoms with Crippen LogP contribution in [0.2, 0.25) is 0 Å². The van der Waals surface area contributed by atoms with Gasteiger partial charge in [-0.2, -0.15) is 0 Å². The molecule has 0 amide bonds. The van der Waals surface area contributed by atoms with Gasteiger partial charge in [-0.05, 0) is 19.3 Å². The molecule has 0 saturated heterocycles. The lowest BCUT2D eigenvalue weighted by Gasteiger charge is -2.25. The number of carbonyl (C=O) groups excluding carboxylic acids is 1. The van der Waals surface area contributed by atoms with Crippen molar-refractivity contribution in [2.24, 2.45) is 0 Å². The predicted octanol–water partition coefficient (Wildman–Crippen LogP) is 4.77. The fourth-order valence-corrected chi connectivity index (χ4v) is 8.76. The topological polar surface area (TPSA) is 116 Å². The molecule has 1 N–H and O–H groups in total. The molecule has 8 nitrogen and oxygen atoms in total. The highest BCUT2D eigenvalue weighted by Gasteiger charge is 2.42. The van der Waals surface area contributed by atoms with Crippen LogP contribution >= 0.6 is 22.8 Å². The zero-order valence-corrected chi connectivity index (χ0v) is 16.8. The van der Waals surface area contributed by atoms with Crippen molar-refractivity contribution in [2.45, 2.75) is 53.4 Å². The van der Waals surface area contributed by atoms with E-state index in [9.17, 15) is 23.4 Å². The quantitative estimate of drug-likeness (QED) is 0.472. The van der Waals surface area contributed by atoms with Gasteiger partial charge in [-0.3, -0.25) is 13.9 Å². The maximum Gasteiger partial charge on any atom is 0.388 e. The van der Waals surface area contributed by atoms with Gasteiger partial charge in [0.2, 0.25) is 0 Å². The molecule has 0 aliphatic rings. The Balaban J connectivity index is 5.40. The van der Waals surface area contributed by atoms with Gasteiger partial charge in [-0.25, -0.2) is 13.2 Å². The van der Waals surface area contributed by atoms with Crippen LogP contribution in [0, 0.1) is 0 Å². The third-order valence-electron chi connectivity index (χ3n) is 2.53. The molecule has 0 aromatic rings. The van der Waals surface area contributed by atoms with Gasteiger partial charge in [0, 0.05) is 6.42 Å². The highest BCUT2D eigenvalue weighted by Crippen LogP contribution is 2.71. The normalized spacial score (nSPS) is 19.3. The van der Waals surface area contributed by atoms with E-state index in [1.807, 2.05) is 0 Å². The average Bonchev–Trinajstić information content (AvgIpc) is 2.36. The maximum atomic E-state index is 12.7. The van der Waals surface area contributed by atoms with Crippen LogP contribution in [0.1, 0.15) is 53.4 Å². The minimum Gasteiger partial charge on any atom is -0.391 e. The van der Waals surface area contributed by atoms with Crippen LogP contribution in [0.5, 0.6) is 0 Å². The zero-order chi connectivity index (χ0) is 18.1. The fraction of sp³-hybridized carbons (Fsp3) is 0.917. The lowest BCUT2D eigenvalue weighted by Crippen LogP contribution is -2.07. The summed E-state index contributed by atoms with van der Waals surface area (Å²) in [5, 5.41) is 0. The molecule has 0 radical (unpaired) electrons. The van der Waals surface area contributed by atoms with E-state index in [-0.39, 0.29) is 24.9 Å². The number of hydrogen-bond acceptors (Lipinski definition) is 7. The van der Waals surface area contributed by atoms with Crippen LogP contribution in [0.15, 0.2) is 0 Å². The summed E-state index contributed by atoms with van der Waals surface area (Å²) < 4.78 is 52.0. The van der Waals surface area contributed by atoms with E-state index >= 15 is 0 Å². The van der Waals surface area contributed by atoms with Gasteiger partial charge in [0.05, 0.1) is 18.5 Å². The smallest absolute Gasteiger partial charge is 0.388 e. The summed E-state index contributed by atoms with van der Waals surface area (Å²) in [4.78, 5) is 21.1. The summed E-state index contributed by atoms with van der Waals surface area (Å²) in [7, 11) is -12.3. The SMILES string of the molecule is CCCP(=O)(O)OP(=O)(CCC)OP(=O)(CCC)OC(=O)CC. The number of carbonyl (C=O) groups is 1. The van der Waals surface area contributed by atoms with E-state index in [1.165, 1.54) is 6.92 Å². The Morgan fingerprint density at radius 2 is 1.30 bits per heavy atom. The van der Waals surface area contributed by atoms with Crippen molar-refractivity contribution in [1.82, 2.24) is 0 Å². The predicted molar refractivity (Wildman–Crippen MR) is 89.1 cm³/mol. The van der Waals surface area contributed by atoms with Gasteiger partial charge in [0.1, 0.15) is 0 Å². The van der Waals surface area contributed by atoms with Crippen molar-refractivity contribution in [3.8, 4) is 0 Å². The van der Waals surface area contributed by atoms with E-state index in [1.54, 1.807) is 20.8 Å². The summed E-state index contributed by atoms with van der Waals surface area (Å²) in [5.41, 5.74) is 0. The van der Waals surface area contributed by atoms with Crippen LogP contribution in [0.4, 0.5) is 0 Å². The molecule has 0 rings (SSSR count). The van der Waals surface area contributed by atoms with Crippen LogP contribution in [-0.2, 0) is 31.6 Å². The Bertz CT molecular complexity index is 518. The van der Waals surface area contributed by atoms with Gasteiger partial charge in [-0.15, -0.1) is 0 Å². The van der Waals surface area contributed by atoms with Gasteiger partial charge >= 0.3 is 28.8 Å². The first kappa shape index (κ1) is 23.0. The summed E-state index contributed by atoms with van der Waals surface area (Å²) in [6.45, 7) is 6.55. The third kappa shape index (κ3) is 9.19. The molecule has 0 aromatic heterocycles. The molecule has 0 spiro atoms. The van der Waals surface area contributed by atoms with Crippen LogP contribution in [-0.4, -0.2) is 29.3 Å². The summed E-state index contributed by atoms with van der Waals surface area (Å²) in [5.74, 6) is -0.759. The van der Waals surface area contributed by atoms with Crippen LogP contribution in [0.3, 0.4) is 0 Å². The summed E-state index contributed by atoms with van der Waals surface area (Å²) >= 11 is 0. The zero-order valence-electron chi connectivity index (χ0n) is 14.1. The molecule has 3 atom stereocenters. The number of rotatable bonds is 12. The molecule has 3 unspecified atom stereocenters. The van der Waals surface area contributed by atoms with Gasteiger partial charge in [0.15, 0.2) is 0 Å². The second-order valence-corrected chi connectivity index (χ2v) is 11.6. The standard InChI is InChI=1S/C12H27O8P3/c1-5-9-21(14,15)19-23(17,11-7-3)20-22(16,10-6-2)18-12(13)8-4/h5-11H2,1-4H3,(H,14,15). The van der Waals surface area contributed by atoms with Gasteiger partial charge < -0.3 is 9.42 Å². The first-order chi connectivity index (χ1) is 10.6.